The van der Waals surface area contributed by atoms with E-state index < -0.39 is 20.7 Å². The molecule has 5 rings (SSSR count). The molecule has 1 atom stereocenters. The average molecular weight is 462 g/mol. The highest BCUT2D eigenvalue weighted by molar-refractivity contribution is 8.02. The molecule has 31 heavy (non-hydrogen) atoms. The second-order valence-electron chi connectivity index (χ2n) is 7.73. The SMILES string of the molecule is O=C1CCC2(C(=O)N3CCN(S(=O)(=O)c4ccc(F)cc4)CC3)Sc3ccccc3N12. The Kier molecular flexibility index (Phi) is 4.83. The van der Waals surface area contributed by atoms with Crippen molar-refractivity contribution in [2.75, 3.05) is 31.1 Å². The number of carbonyl (C=O) groups is 2. The van der Waals surface area contributed by atoms with Crippen molar-refractivity contribution in [1.82, 2.24) is 9.21 Å². The Labute approximate surface area is 183 Å². The minimum absolute atomic E-state index is 0.0293. The summed E-state index contributed by atoms with van der Waals surface area (Å²) in [7, 11) is -3.76. The van der Waals surface area contributed by atoms with Crippen molar-refractivity contribution in [3.8, 4) is 0 Å². The van der Waals surface area contributed by atoms with Gasteiger partial charge in [0.15, 0.2) is 4.87 Å². The van der Waals surface area contributed by atoms with Gasteiger partial charge in [-0.15, -0.1) is 0 Å². The lowest BCUT2D eigenvalue weighted by Gasteiger charge is -2.39. The maximum atomic E-state index is 13.6. The summed E-state index contributed by atoms with van der Waals surface area (Å²) in [5.74, 6) is -0.721. The highest BCUT2D eigenvalue weighted by Gasteiger charge is 2.58. The number of sulfonamides is 1. The first kappa shape index (κ1) is 20.5. The molecule has 3 heterocycles. The fourth-order valence-corrected chi connectivity index (χ4v) is 7.33. The van der Waals surface area contributed by atoms with Gasteiger partial charge in [-0.2, -0.15) is 4.31 Å². The van der Waals surface area contributed by atoms with Crippen molar-refractivity contribution in [2.24, 2.45) is 0 Å². The zero-order valence-electron chi connectivity index (χ0n) is 16.5. The Morgan fingerprint density at radius 3 is 2.39 bits per heavy atom. The van der Waals surface area contributed by atoms with Gasteiger partial charge in [0.2, 0.25) is 15.9 Å². The molecule has 3 aliphatic rings. The Bertz CT molecular complexity index is 1160. The first-order valence-electron chi connectivity index (χ1n) is 9.99. The molecule has 2 saturated heterocycles. The summed E-state index contributed by atoms with van der Waals surface area (Å²) in [6.07, 6.45) is 0.740. The predicted molar refractivity (Wildman–Crippen MR) is 113 cm³/mol. The number of thioether (sulfide) groups is 1. The summed E-state index contributed by atoms with van der Waals surface area (Å²) in [5.41, 5.74) is 0.765. The molecule has 2 amide bonds. The summed E-state index contributed by atoms with van der Waals surface area (Å²) in [6, 6.07) is 12.2. The summed E-state index contributed by atoms with van der Waals surface area (Å²) >= 11 is 1.41. The van der Waals surface area contributed by atoms with Crippen LogP contribution >= 0.6 is 11.8 Å². The maximum absolute atomic E-state index is 13.6. The Morgan fingerprint density at radius 1 is 1.00 bits per heavy atom. The smallest absolute Gasteiger partial charge is 0.259 e. The van der Waals surface area contributed by atoms with E-state index in [4.69, 9.17) is 0 Å². The molecule has 0 radical (unpaired) electrons. The first-order valence-corrected chi connectivity index (χ1v) is 12.2. The molecule has 0 aromatic heterocycles. The van der Waals surface area contributed by atoms with Crippen molar-refractivity contribution in [2.45, 2.75) is 27.5 Å². The van der Waals surface area contributed by atoms with E-state index in [0.717, 1.165) is 22.7 Å². The molecule has 2 aromatic carbocycles. The molecule has 0 saturated carbocycles. The summed E-state index contributed by atoms with van der Waals surface area (Å²) in [4.78, 5) is 29.4. The molecular weight excluding hydrogens is 441 g/mol. The van der Waals surface area contributed by atoms with Crippen molar-refractivity contribution in [3.63, 3.8) is 0 Å². The lowest BCUT2D eigenvalue weighted by atomic mass is 10.1. The molecule has 162 valence electrons. The number of benzene rings is 2. The molecule has 2 aromatic rings. The van der Waals surface area contributed by atoms with Crippen LogP contribution in [0.15, 0.2) is 58.3 Å². The number of hydrogen-bond donors (Lipinski definition) is 0. The number of nitrogens with zero attached hydrogens (tertiary/aromatic N) is 3. The fraction of sp³-hybridized carbons (Fsp3) is 0.333. The molecule has 7 nitrogen and oxygen atoms in total. The quantitative estimate of drug-likeness (QED) is 0.701. The Hall–Kier alpha value is -2.43. The van der Waals surface area contributed by atoms with E-state index in [1.54, 1.807) is 9.80 Å². The van der Waals surface area contributed by atoms with E-state index in [9.17, 15) is 22.4 Å². The van der Waals surface area contributed by atoms with Gasteiger partial charge in [-0.25, -0.2) is 12.8 Å². The van der Waals surface area contributed by atoms with Gasteiger partial charge in [-0.3, -0.25) is 14.5 Å². The maximum Gasteiger partial charge on any atom is 0.259 e. The van der Waals surface area contributed by atoms with Crippen molar-refractivity contribution < 1.29 is 22.4 Å². The number of anilines is 1. The van der Waals surface area contributed by atoms with E-state index in [-0.39, 0.29) is 42.9 Å². The van der Waals surface area contributed by atoms with Crippen LogP contribution in [0.3, 0.4) is 0 Å². The van der Waals surface area contributed by atoms with Crippen molar-refractivity contribution in [1.29, 1.82) is 0 Å². The van der Waals surface area contributed by atoms with Gasteiger partial charge in [-0.1, -0.05) is 23.9 Å². The minimum atomic E-state index is -3.76. The third-order valence-corrected chi connectivity index (χ3v) is 9.36. The Morgan fingerprint density at radius 2 is 1.68 bits per heavy atom. The molecule has 0 N–H and O–H groups in total. The number of para-hydroxylation sites is 1. The predicted octanol–water partition coefficient (Wildman–Crippen LogP) is 2.29. The first-order chi connectivity index (χ1) is 14.8. The number of carbonyl (C=O) groups excluding carboxylic acids is 2. The van der Waals surface area contributed by atoms with Crippen LogP contribution in [0.4, 0.5) is 10.1 Å². The molecule has 1 unspecified atom stereocenters. The van der Waals surface area contributed by atoms with E-state index >= 15 is 0 Å². The van der Waals surface area contributed by atoms with Crippen LogP contribution < -0.4 is 4.90 Å². The van der Waals surface area contributed by atoms with Crippen molar-refractivity contribution >= 4 is 39.3 Å². The third-order valence-electron chi connectivity index (χ3n) is 5.98. The Balaban J connectivity index is 1.34. The lowest BCUT2D eigenvalue weighted by molar-refractivity contribution is -0.135. The summed E-state index contributed by atoms with van der Waals surface area (Å²) in [5, 5.41) is 0. The number of hydrogen-bond acceptors (Lipinski definition) is 5. The van der Waals surface area contributed by atoms with E-state index in [2.05, 4.69) is 0 Å². The lowest BCUT2D eigenvalue weighted by Crippen LogP contribution is -2.58. The van der Waals surface area contributed by atoms with Crippen LogP contribution in [-0.2, 0) is 19.6 Å². The van der Waals surface area contributed by atoms with Gasteiger partial charge >= 0.3 is 0 Å². The minimum Gasteiger partial charge on any atom is -0.337 e. The van der Waals surface area contributed by atoms with Crippen LogP contribution in [0.2, 0.25) is 0 Å². The number of rotatable bonds is 3. The standard InChI is InChI=1S/C21H20FN3O4S2/c22-15-5-7-16(8-6-15)31(28,29)24-13-11-23(12-14-24)20(27)21-10-9-19(26)25(21)17-3-1-2-4-18(17)30-21/h1-8H,9-14H2. The summed E-state index contributed by atoms with van der Waals surface area (Å²) in [6.45, 7) is 0.764. The number of piperazine rings is 1. The van der Waals surface area contributed by atoms with Gasteiger partial charge in [0, 0.05) is 37.5 Å². The number of amides is 2. The van der Waals surface area contributed by atoms with Crippen LogP contribution in [0.25, 0.3) is 0 Å². The van der Waals surface area contributed by atoms with E-state index in [1.165, 1.54) is 28.2 Å². The third kappa shape index (κ3) is 3.16. The van der Waals surface area contributed by atoms with Gasteiger partial charge in [0.05, 0.1) is 10.6 Å². The molecular formula is C21H20FN3O4S2. The van der Waals surface area contributed by atoms with Gasteiger partial charge < -0.3 is 4.90 Å². The number of fused-ring (bicyclic) bond motifs is 3. The largest absolute Gasteiger partial charge is 0.337 e. The molecule has 0 bridgehead atoms. The molecule has 2 fully saturated rings. The topological polar surface area (TPSA) is 78.0 Å². The monoisotopic (exact) mass is 461 g/mol. The van der Waals surface area contributed by atoms with Gasteiger partial charge in [-0.05, 0) is 42.8 Å². The average Bonchev–Trinajstić information content (AvgIpc) is 3.29. The molecule has 10 heteroatoms. The second kappa shape index (κ2) is 7.32. The van der Waals surface area contributed by atoms with Crippen molar-refractivity contribution in [3.05, 3.63) is 54.3 Å². The van der Waals surface area contributed by atoms with Crippen LogP contribution in [-0.4, -0.2) is 60.5 Å². The molecule has 3 aliphatic heterocycles. The van der Waals surface area contributed by atoms with E-state index in [1.807, 2.05) is 24.3 Å². The zero-order valence-corrected chi connectivity index (χ0v) is 18.2. The van der Waals surface area contributed by atoms with Crippen LogP contribution in [0, 0.1) is 5.82 Å². The fourth-order valence-electron chi connectivity index (χ4n) is 4.42. The normalized spacial score (nSPS) is 23.7. The summed E-state index contributed by atoms with van der Waals surface area (Å²) < 4.78 is 40.2. The van der Waals surface area contributed by atoms with Gasteiger partial charge in [0.1, 0.15) is 5.82 Å². The zero-order chi connectivity index (χ0) is 21.8. The van der Waals surface area contributed by atoms with Gasteiger partial charge in [0.25, 0.3) is 5.91 Å². The highest BCUT2D eigenvalue weighted by Crippen LogP contribution is 2.56. The second-order valence-corrected chi connectivity index (χ2v) is 11.0. The van der Waals surface area contributed by atoms with E-state index in [0.29, 0.717) is 12.8 Å². The van der Waals surface area contributed by atoms with Crippen LogP contribution in [0.1, 0.15) is 12.8 Å². The highest BCUT2D eigenvalue weighted by atomic mass is 32.2. The number of halogens is 1. The molecule has 0 aliphatic carbocycles. The van der Waals surface area contributed by atoms with Crippen LogP contribution in [0.5, 0.6) is 0 Å². The molecule has 0 spiro atoms.